The van der Waals surface area contributed by atoms with Crippen molar-refractivity contribution in [1.82, 2.24) is 10.2 Å². The molecular formula is C17H22N2O4. The highest BCUT2D eigenvalue weighted by Gasteiger charge is 2.20. The Balaban J connectivity index is 1.82. The number of nitrogens with zero attached hydrogens (tertiary/aromatic N) is 1. The summed E-state index contributed by atoms with van der Waals surface area (Å²) in [5, 5.41) is 2.64. The number of amides is 2. The third kappa shape index (κ3) is 5.09. The predicted octanol–water partition coefficient (Wildman–Crippen LogP) is 1.49. The van der Waals surface area contributed by atoms with Crippen LogP contribution in [0.2, 0.25) is 0 Å². The fourth-order valence-corrected chi connectivity index (χ4v) is 2.37. The molecule has 0 unspecified atom stereocenters. The van der Waals surface area contributed by atoms with Gasteiger partial charge in [0.25, 0.3) is 5.91 Å². The zero-order valence-electron chi connectivity index (χ0n) is 13.3. The molecular weight excluding hydrogens is 296 g/mol. The first-order valence-electron chi connectivity index (χ1n) is 7.90. The second-order valence-electron chi connectivity index (χ2n) is 5.54. The van der Waals surface area contributed by atoms with Crippen LogP contribution in [0.4, 0.5) is 0 Å². The lowest BCUT2D eigenvalue weighted by Crippen LogP contribution is -2.29. The van der Waals surface area contributed by atoms with Gasteiger partial charge in [-0.2, -0.15) is 0 Å². The number of nitrogens with one attached hydrogen (secondary N) is 1. The summed E-state index contributed by atoms with van der Waals surface area (Å²) in [6, 6.07) is 6.92. The van der Waals surface area contributed by atoms with Crippen LogP contribution in [0.15, 0.2) is 24.3 Å². The minimum Gasteiger partial charge on any atom is -0.452 e. The molecule has 124 valence electrons. The van der Waals surface area contributed by atoms with Crippen LogP contribution >= 0.6 is 0 Å². The zero-order valence-corrected chi connectivity index (χ0v) is 13.3. The number of rotatable bonds is 7. The van der Waals surface area contributed by atoms with Gasteiger partial charge in [0.2, 0.25) is 5.91 Å². The Morgan fingerprint density at radius 1 is 1.26 bits per heavy atom. The average molecular weight is 318 g/mol. The number of carbonyl (C=O) groups is 3. The van der Waals surface area contributed by atoms with Gasteiger partial charge in [0.15, 0.2) is 6.61 Å². The van der Waals surface area contributed by atoms with E-state index in [9.17, 15) is 14.4 Å². The van der Waals surface area contributed by atoms with Gasteiger partial charge in [0.1, 0.15) is 0 Å². The molecule has 1 aromatic rings. The van der Waals surface area contributed by atoms with E-state index in [1.165, 1.54) is 0 Å². The molecule has 1 saturated heterocycles. The monoisotopic (exact) mass is 318 g/mol. The average Bonchev–Trinajstić information content (AvgIpc) is 2.96. The maximum absolute atomic E-state index is 11.9. The standard InChI is InChI=1S/C17H22N2O4/c1-2-9-18-15(20)12-23-17(22)14-7-5-13(6-8-14)11-19-10-3-4-16(19)21/h5-8H,2-4,9-12H2,1H3,(H,18,20). The van der Waals surface area contributed by atoms with E-state index in [2.05, 4.69) is 5.32 Å². The Labute approximate surface area is 135 Å². The first kappa shape index (κ1) is 17.0. The summed E-state index contributed by atoms with van der Waals surface area (Å²) in [4.78, 5) is 36.7. The Bertz CT molecular complexity index is 568. The first-order chi connectivity index (χ1) is 11.1. The van der Waals surface area contributed by atoms with Crippen LogP contribution in [0.1, 0.15) is 42.1 Å². The minimum atomic E-state index is -0.527. The van der Waals surface area contributed by atoms with E-state index in [1.807, 2.05) is 11.8 Å². The highest BCUT2D eigenvalue weighted by molar-refractivity contribution is 5.91. The van der Waals surface area contributed by atoms with Crippen LogP contribution in [0.25, 0.3) is 0 Å². The van der Waals surface area contributed by atoms with Crippen LogP contribution in [-0.4, -0.2) is 42.4 Å². The smallest absolute Gasteiger partial charge is 0.338 e. The van der Waals surface area contributed by atoms with E-state index in [1.54, 1.807) is 24.3 Å². The van der Waals surface area contributed by atoms with Crippen LogP contribution in [0, 0.1) is 0 Å². The van der Waals surface area contributed by atoms with Crippen molar-refractivity contribution in [2.24, 2.45) is 0 Å². The summed E-state index contributed by atoms with van der Waals surface area (Å²) in [7, 11) is 0. The molecule has 0 bridgehead atoms. The van der Waals surface area contributed by atoms with Crippen molar-refractivity contribution in [2.45, 2.75) is 32.7 Å². The molecule has 1 heterocycles. The quantitative estimate of drug-likeness (QED) is 0.773. The van der Waals surface area contributed by atoms with Crippen molar-refractivity contribution in [3.05, 3.63) is 35.4 Å². The Kier molecular flexibility index (Phi) is 6.14. The van der Waals surface area contributed by atoms with E-state index in [-0.39, 0.29) is 18.4 Å². The molecule has 6 nitrogen and oxygen atoms in total. The predicted molar refractivity (Wildman–Crippen MR) is 84.7 cm³/mol. The highest BCUT2D eigenvalue weighted by atomic mass is 16.5. The second-order valence-corrected chi connectivity index (χ2v) is 5.54. The molecule has 0 aliphatic carbocycles. The molecule has 0 saturated carbocycles. The van der Waals surface area contributed by atoms with Crippen molar-refractivity contribution in [2.75, 3.05) is 19.7 Å². The summed E-state index contributed by atoms with van der Waals surface area (Å²) < 4.78 is 4.96. The summed E-state index contributed by atoms with van der Waals surface area (Å²) in [6.07, 6.45) is 2.36. The van der Waals surface area contributed by atoms with Crippen molar-refractivity contribution < 1.29 is 19.1 Å². The summed E-state index contributed by atoms with van der Waals surface area (Å²) in [5.41, 5.74) is 1.36. The number of carbonyl (C=O) groups excluding carboxylic acids is 3. The molecule has 1 N–H and O–H groups in total. The molecule has 23 heavy (non-hydrogen) atoms. The Morgan fingerprint density at radius 2 is 2.00 bits per heavy atom. The number of hydrogen-bond donors (Lipinski definition) is 1. The third-order valence-corrected chi connectivity index (χ3v) is 3.64. The van der Waals surface area contributed by atoms with Gasteiger partial charge >= 0.3 is 5.97 Å². The van der Waals surface area contributed by atoms with Crippen LogP contribution in [0.3, 0.4) is 0 Å². The van der Waals surface area contributed by atoms with E-state index in [4.69, 9.17) is 4.74 Å². The van der Waals surface area contributed by atoms with Crippen molar-refractivity contribution in [1.29, 1.82) is 0 Å². The van der Waals surface area contributed by atoms with Crippen LogP contribution in [-0.2, 0) is 20.9 Å². The number of likely N-dealkylation sites (tertiary alicyclic amines) is 1. The lowest BCUT2D eigenvalue weighted by atomic mass is 10.1. The molecule has 1 aliphatic heterocycles. The maximum atomic E-state index is 11.9. The normalized spacial score (nSPS) is 14.0. The molecule has 0 aromatic heterocycles. The second kappa shape index (κ2) is 8.31. The lowest BCUT2D eigenvalue weighted by molar-refractivity contribution is -0.128. The number of ether oxygens (including phenoxy) is 1. The van der Waals surface area contributed by atoms with Gasteiger partial charge in [-0.05, 0) is 30.5 Å². The largest absolute Gasteiger partial charge is 0.452 e. The minimum absolute atomic E-state index is 0.173. The van der Waals surface area contributed by atoms with Gasteiger partial charge in [-0.15, -0.1) is 0 Å². The first-order valence-corrected chi connectivity index (χ1v) is 7.90. The number of hydrogen-bond acceptors (Lipinski definition) is 4. The fourth-order valence-electron chi connectivity index (χ4n) is 2.37. The van der Waals surface area contributed by atoms with Crippen molar-refractivity contribution in [3.63, 3.8) is 0 Å². The molecule has 0 spiro atoms. The molecule has 1 fully saturated rings. The molecule has 2 amide bonds. The van der Waals surface area contributed by atoms with Gasteiger partial charge in [-0.25, -0.2) is 4.79 Å². The summed E-state index contributed by atoms with van der Waals surface area (Å²) >= 11 is 0. The molecule has 0 atom stereocenters. The van der Waals surface area contributed by atoms with Gasteiger partial charge < -0.3 is 15.0 Å². The van der Waals surface area contributed by atoms with Crippen LogP contribution in [0.5, 0.6) is 0 Å². The topological polar surface area (TPSA) is 75.7 Å². The van der Waals surface area contributed by atoms with E-state index >= 15 is 0 Å². The van der Waals surface area contributed by atoms with Gasteiger partial charge in [-0.1, -0.05) is 19.1 Å². The molecule has 1 aliphatic rings. The molecule has 2 rings (SSSR count). The van der Waals surface area contributed by atoms with Gasteiger partial charge in [0, 0.05) is 26.1 Å². The summed E-state index contributed by atoms with van der Waals surface area (Å²) in [5.74, 6) is -0.656. The Hall–Kier alpha value is -2.37. The van der Waals surface area contributed by atoms with E-state index < -0.39 is 5.97 Å². The molecule has 6 heteroatoms. The molecule has 1 aromatic carbocycles. The number of benzene rings is 1. The zero-order chi connectivity index (χ0) is 16.7. The Morgan fingerprint density at radius 3 is 2.61 bits per heavy atom. The van der Waals surface area contributed by atoms with Crippen molar-refractivity contribution >= 4 is 17.8 Å². The third-order valence-electron chi connectivity index (χ3n) is 3.64. The maximum Gasteiger partial charge on any atom is 0.338 e. The lowest BCUT2D eigenvalue weighted by Gasteiger charge is -2.15. The van der Waals surface area contributed by atoms with Gasteiger partial charge in [0.05, 0.1) is 5.56 Å². The van der Waals surface area contributed by atoms with Crippen LogP contribution < -0.4 is 5.32 Å². The van der Waals surface area contributed by atoms with E-state index in [0.717, 1.165) is 24.9 Å². The highest BCUT2D eigenvalue weighted by Crippen LogP contribution is 2.15. The summed E-state index contributed by atoms with van der Waals surface area (Å²) in [6.45, 7) is 3.59. The SMILES string of the molecule is CCCNC(=O)COC(=O)c1ccc(CN2CCCC2=O)cc1. The number of esters is 1. The van der Waals surface area contributed by atoms with Crippen molar-refractivity contribution in [3.8, 4) is 0 Å². The van der Waals surface area contributed by atoms with E-state index in [0.29, 0.717) is 25.1 Å². The molecule has 0 radical (unpaired) electrons. The fraction of sp³-hybridized carbons (Fsp3) is 0.471. The van der Waals surface area contributed by atoms with Gasteiger partial charge in [-0.3, -0.25) is 9.59 Å².